The maximum atomic E-state index is 13.3. The Morgan fingerprint density at radius 3 is 2.34 bits per heavy atom. The summed E-state index contributed by atoms with van der Waals surface area (Å²) >= 11 is 6.30. The fourth-order valence-electron chi connectivity index (χ4n) is 3.84. The molecule has 2 aromatic carbocycles. The molecular formula is C25H30ClN3O5S. The molecule has 0 aromatic heterocycles. The van der Waals surface area contributed by atoms with Crippen molar-refractivity contribution in [2.24, 2.45) is 0 Å². The zero-order chi connectivity index (χ0) is 26.0. The van der Waals surface area contributed by atoms with Crippen molar-refractivity contribution in [3.05, 3.63) is 64.7 Å². The summed E-state index contributed by atoms with van der Waals surface area (Å²) in [4.78, 5) is 40.1. The second kappa shape index (κ2) is 10.4. The molecule has 1 aliphatic heterocycles. The highest BCUT2D eigenvalue weighted by atomic mass is 35.5. The molecule has 0 saturated heterocycles. The van der Waals surface area contributed by atoms with Crippen LogP contribution < -0.4 is 5.32 Å². The summed E-state index contributed by atoms with van der Waals surface area (Å²) in [6, 6.07) is 12.3. The summed E-state index contributed by atoms with van der Waals surface area (Å²) in [7, 11) is -3.94. The first-order valence-electron chi connectivity index (χ1n) is 11.3. The Bertz CT molecular complexity index is 1240. The van der Waals surface area contributed by atoms with Crippen LogP contribution in [0.2, 0.25) is 5.02 Å². The number of hydrogen-bond donors (Lipinski definition) is 1. The molecule has 2 aromatic rings. The van der Waals surface area contributed by atoms with Crippen LogP contribution in [0, 0.1) is 0 Å². The van der Waals surface area contributed by atoms with Crippen LogP contribution in [0.5, 0.6) is 0 Å². The third kappa shape index (κ3) is 6.02. The first kappa shape index (κ1) is 26.7. The van der Waals surface area contributed by atoms with Gasteiger partial charge in [-0.2, -0.15) is 0 Å². The van der Waals surface area contributed by atoms with Crippen molar-refractivity contribution in [3.63, 3.8) is 0 Å². The molecule has 0 saturated carbocycles. The van der Waals surface area contributed by atoms with Crippen LogP contribution in [0.15, 0.2) is 53.4 Å². The number of carbonyl (C=O) groups excluding carboxylic acids is 3. The molecule has 1 unspecified atom stereocenters. The highest BCUT2D eigenvalue weighted by molar-refractivity contribution is 7.90. The first-order chi connectivity index (χ1) is 16.3. The van der Waals surface area contributed by atoms with Gasteiger partial charge in [-0.05, 0) is 57.9 Å². The van der Waals surface area contributed by atoms with Crippen molar-refractivity contribution in [1.82, 2.24) is 14.5 Å². The molecule has 3 amide bonds. The first-order valence-corrected chi connectivity index (χ1v) is 13.2. The van der Waals surface area contributed by atoms with Gasteiger partial charge in [0.2, 0.25) is 11.8 Å². The number of carbonyl (C=O) groups is 3. The van der Waals surface area contributed by atoms with Gasteiger partial charge in [0.05, 0.1) is 5.56 Å². The predicted molar refractivity (Wildman–Crippen MR) is 133 cm³/mol. The summed E-state index contributed by atoms with van der Waals surface area (Å²) < 4.78 is 26.3. The van der Waals surface area contributed by atoms with Crippen molar-refractivity contribution < 1.29 is 22.8 Å². The second-order valence-corrected chi connectivity index (χ2v) is 11.7. The Kier molecular flexibility index (Phi) is 7.91. The van der Waals surface area contributed by atoms with Gasteiger partial charge in [-0.25, -0.2) is 12.7 Å². The van der Waals surface area contributed by atoms with E-state index in [1.54, 1.807) is 43.3 Å². The number of halogens is 1. The van der Waals surface area contributed by atoms with Gasteiger partial charge in [-0.15, -0.1) is 0 Å². The van der Waals surface area contributed by atoms with E-state index in [4.69, 9.17) is 11.6 Å². The molecule has 1 atom stereocenters. The summed E-state index contributed by atoms with van der Waals surface area (Å²) in [5, 5.41) is 3.36. The monoisotopic (exact) mass is 519 g/mol. The third-order valence-electron chi connectivity index (χ3n) is 5.63. The van der Waals surface area contributed by atoms with Gasteiger partial charge in [-0.3, -0.25) is 14.4 Å². The normalized spacial score (nSPS) is 15.5. The molecule has 8 nitrogen and oxygen atoms in total. The van der Waals surface area contributed by atoms with E-state index >= 15 is 0 Å². The van der Waals surface area contributed by atoms with E-state index < -0.39 is 27.5 Å². The standard InChI is InChI=1S/C25H30ClN3O5S/c1-17(23(31)27-25(2,3)4)28(16-18-10-5-7-12-20(18)26)22(30)14-9-15-29-24(32)19-11-6-8-13-21(19)35(29,33)34/h5-8,10-13,17H,9,14-16H2,1-4H3,(H,27,31). The molecule has 0 spiro atoms. The predicted octanol–water partition coefficient (Wildman–Crippen LogP) is 3.60. The van der Waals surface area contributed by atoms with Crippen LogP contribution in [-0.4, -0.2) is 53.5 Å². The topological polar surface area (TPSA) is 104 Å². The van der Waals surface area contributed by atoms with E-state index in [2.05, 4.69) is 5.32 Å². The Morgan fingerprint density at radius 1 is 1.09 bits per heavy atom. The molecule has 0 aliphatic carbocycles. The van der Waals surface area contributed by atoms with Crippen LogP contribution in [0.3, 0.4) is 0 Å². The SMILES string of the molecule is CC(C(=O)NC(C)(C)C)N(Cc1ccccc1Cl)C(=O)CCCN1C(=O)c2ccccc2S1(=O)=O. The van der Waals surface area contributed by atoms with Gasteiger partial charge in [0.1, 0.15) is 10.9 Å². The van der Waals surface area contributed by atoms with Crippen molar-refractivity contribution >= 4 is 39.3 Å². The van der Waals surface area contributed by atoms with Crippen molar-refractivity contribution in [1.29, 1.82) is 0 Å². The number of sulfonamides is 1. The van der Waals surface area contributed by atoms with Crippen molar-refractivity contribution in [2.45, 2.75) is 63.6 Å². The number of nitrogens with zero attached hydrogens (tertiary/aromatic N) is 2. The lowest BCUT2D eigenvalue weighted by Crippen LogP contribution is -2.52. The molecule has 1 N–H and O–H groups in total. The van der Waals surface area contributed by atoms with E-state index in [1.165, 1.54) is 17.0 Å². The largest absolute Gasteiger partial charge is 0.350 e. The third-order valence-corrected chi connectivity index (χ3v) is 7.84. The molecular weight excluding hydrogens is 490 g/mol. The molecule has 10 heteroatoms. The Hall–Kier alpha value is -2.91. The van der Waals surface area contributed by atoms with Gasteiger partial charge in [0.25, 0.3) is 15.9 Å². The fourth-order valence-corrected chi connectivity index (χ4v) is 5.64. The molecule has 3 rings (SSSR count). The molecule has 1 aliphatic rings. The second-order valence-electron chi connectivity index (χ2n) is 9.51. The zero-order valence-electron chi connectivity index (χ0n) is 20.2. The van der Waals surface area contributed by atoms with E-state index in [0.29, 0.717) is 10.6 Å². The lowest BCUT2D eigenvalue weighted by atomic mass is 10.1. The lowest BCUT2D eigenvalue weighted by molar-refractivity contribution is -0.141. The van der Waals surface area contributed by atoms with Crippen LogP contribution in [0.1, 0.15) is 56.5 Å². The Labute approximate surface area is 211 Å². The molecule has 35 heavy (non-hydrogen) atoms. The summed E-state index contributed by atoms with van der Waals surface area (Å²) in [6.45, 7) is 7.17. The average molecular weight is 520 g/mol. The summed E-state index contributed by atoms with van der Waals surface area (Å²) in [6.07, 6.45) is 0.0671. The zero-order valence-corrected chi connectivity index (χ0v) is 21.8. The summed E-state index contributed by atoms with van der Waals surface area (Å²) in [5.74, 6) is -1.26. The van der Waals surface area contributed by atoms with Gasteiger partial charge in [0, 0.05) is 30.1 Å². The van der Waals surface area contributed by atoms with Crippen LogP contribution in [0.25, 0.3) is 0 Å². The number of benzene rings is 2. The van der Waals surface area contributed by atoms with E-state index in [-0.39, 0.29) is 48.2 Å². The number of hydrogen-bond acceptors (Lipinski definition) is 5. The van der Waals surface area contributed by atoms with Gasteiger partial charge >= 0.3 is 0 Å². The van der Waals surface area contributed by atoms with Gasteiger partial charge in [0.15, 0.2) is 0 Å². The minimum Gasteiger partial charge on any atom is -0.350 e. The number of nitrogens with one attached hydrogen (secondary N) is 1. The molecule has 1 heterocycles. The quantitative estimate of drug-likeness (QED) is 0.574. The van der Waals surface area contributed by atoms with Crippen LogP contribution >= 0.6 is 11.6 Å². The smallest absolute Gasteiger partial charge is 0.269 e. The molecule has 0 fully saturated rings. The van der Waals surface area contributed by atoms with E-state index in [0.717, 1.165) is 4.31 Å². The minimum absolute atomic E-state index is 0.0239. The fraction of sp³-hybridized carbons (Fsp3) is 0.400. The minimum atomic E-state index is -3.94. The molecule has 0 radical (unpaired) electrons. The maximum absolute atomic E-state index is 13.3. The maximum Gasteiger partial charge on any atom is 0.269 e. The Balaban J connectivity index is 1.73. The van der Waals surface area contributed by atoms with E-state index in [9.17, 15) is 22.8 Å². The molecule has 0 bridgehead atoms. The van der Waals surface area contributed by atoms with Gasteiger partial charge in [-0.1, -0.05) is 41.9 Å². The number of amides is 3. The highest BCUT2D eigenvalue weighted by Crippen LogP contribution is 2.30. The average Bonchev–Trinajstić information content (AvgIpc) is 2.97. The van der Waals surface area contributed by atoms with Crippen molar-refractivity contribution in [3.8, 4) is 0 Å². The molecule has 188 valence electrons. The number of rotatable bonds is 8. The van der Waals surface area contributed by atoms with Crippen LogP contribution in [0.4, 0.5) is 0 Å². The van der Waals surface area contributed by atoms with Gasteiger partial charge < -0.3 is 10.2 Å². The van der Waals surface area contributed by atoms with Crippen LogP contribution in [-0.2, 0) is 26.2 Å². The summed E-state index contributed by atoms with van der Waals surface area (Å²) in [5.41, 5.74) is 0.335. The van der Waals surface area contributed by atoms with Crippen molar-refractivity contribution in [2.75, 3.05) is 6.54 Å². The lowest BCUT2D eigenvalue weighted by Gasteiger charge is -2.32. The van der Waals surface area contributed by atoms with E-state index in [1.807, 2.05) is 20.8 Å². The Morgan fingerprint density at radius 2 is 1.71 bits per heavy atom. The number of fused-ring (bicyclic) bond motifs is 1. The highest BCUT2D eigenvalue weighted by Gasteiger charge is 2.40.